The Morgan fingerprint density at radius 2 is 2.10 bits per heavy atom. The van der Waals surface area contributed by atoms with Crippen molar-refractivity contribution in [1.82, 2.24) is 14.9 Å². The number of carbonyl (C=O) groups is 2. The Kier molecular flexibility index (Phi) is 5.45. The molecule has 1 rings (SSSR count). The third-order valence-electron chi connectivity index (χ3n) is 3.01. The van der Waals surface area contributed by atoms with E-state index < -0.39 is 28.7 Å². The second-order valence-corrected chi connectivity index (χ2v) is 4.86. The predicted molar refractivity (Wildman–Crippen MR) is 74.8 cm³/mol. The fraction of sp³-hybridized carbons (Fsp3) is 0.538. The summed E-state index contributed by atoms with van der Waals surface area (Å²) in [6.45, 7) is 3.14. The largest absolute Gasteiger partial charge is 0.467 e. The van der Waals surface area contributed by atoms with E-state index in [-0.39, 0.29) is 6.54 Å². The lowest BCUT2D eigenvalue weighted by Crippen LogP contribution is -2.54. The lowest BCUT2D eigenvalue weighted by molar-refractivity contribution is -0.150. The van der Waals surface area contributed by atoms with E-state index in [1.807, 2.05) is 11.9 Å². The zero-order chi connectivity index (χ0) is 16.0. The molecule has 21 heavy (non-hydrogen) atoms. The number of ether oxygens (including phenoxy) is 1. The van der Waals surface area contributed by atoms with Gasteiger partial charge in [0, 0.05) is 12.3 Å². The number of nitrogens with zero attached hydrogens (tertiary/aromatic N) is 1. The number of carbonyl (C=O) groups excluding carboxylic acids is 2. The molecule has 1 unspecified atom stereocenters. The quantitative estimate of drug-likeness (QED) is 0.680. The molecular weight excluding hydrogens is 278 g/mol. The summed E-state index contributed by atoms with van der Waals surface area (Å²) >= 11 is 0. The molecule has 0 aliphatic rings. The highest BCUT2D eigenvalue weighted by atomic mass is 16.5. The molecule has 1 atom stereocenters. The fourth-order valence-electron chi connectivity index (χ4n) is 2.01. The van der Waals surface area contributed by atoms with Crippen LogP contribution in [0, 0.1) is 0 Å². The van der Waals surface area contributed by atoms with Crippen LogP contribution in [0.2, 0.25) is 0 Å². The average Bonchev–Trinajstić information content (AvgIpc) is 2.41. The predicted octanol–water partition coefficient (Wildman–Crippen LogP) is -0.615. The number of nitrogens with one attached hydrogen (secondary N) is 2. The minimum atomic E-state index is -1.15. The first-order valence-electron chi connectivity index (χ1n) is 6.51. The van der Waals surface area contributed by atoms with Crippen molar-refractivity contribution in [2.75, 3.05) is 7.11 Å². The Bertz CT molecular complexity index is 633. The molecular formula is C13H19N3O5. The first kappa shape index (κ1) is 16.7. The molecule has 0 spiro atoms. The van der Waals surface area contributed by atoms with E-state index in [4.69, 9.17) is 0 Å². The summed E-state index contributed by atoms with van der Waals surface area (Å²) in [7, 11) is 1.24. The van der Waals surface area contributed by atoms with E-state index in [1.54, 1.807) is 6.92 Å². The number of methoxy groups -OCH3 is 1. The number of hydrogen-bond donors (Lipinski definition) is 2. The average molecular weight is 297 g/mol. The highest BCUT2D eigenvalue weighted by molar-refractivity contribution is 5.87. The van der Waals surface area contributed by atoms with Crippen LogP contribution in [0.15, 0.2) is 21.9 Å². The number of esters is 1. The first-order chi connectivity index (χ1) is 9.82. The molecule has 0 radical (unpaired) electrons. The molecule has 0 aliphatic heterocycles. The highest BCUT2D eigenvalue weighted by Crippen LogP contribution is 2.14. The number of aromatic amines is 1. The maximum absolute atomic E-state index is 12.0. The Hall–Kier alpha value is -2.38. The van der Waals surface area contributed by atoms with Gasteiger partial charge in [-0.2, -0.15) is 0 Å². The van der Waals surface area contributed by atoms with Gasteiger partial charge in [-0.25, -0.2) is 9.59 Å². The maximum Gasteiger partial charge on any atom is 0.331 e. The molecule has 0 saturated carbocycles. The zero-order valence-electron chi connectivity index (χ0n) is 12.3. The van der Waals surface area contributed by atoms with Gasteiger partial charge in [-0.3, -0.25) is 19.1 Å². The Labute approximate surface area is 121 Å². The molecule has 1 aromatic heterocycles. The van der Waals surface area contributed by atoms with Crippen LogP contribution in [0.25, 0.3) is 0 Å². The van der Waals surface area contributed by atoms with E-state index in [9.17, 15) is 19.2 Å². The second-order valence-electron chi connectivity index (χ2n) is 4.86. The van der Waals surface area contributed by atoms with Gasteiger partial charge in [0.2, 0.25) is 5.91 Å². The van der Waals surface area contributed by atoms with Crippen molar-refractivity contribution < 1.29 is 14.3 Å². The lowest BCUT2D eigenvalue weighted by atomic mass is 9.96. The van der Waals surface area contributed by atoms with Gasteiger partial charge in [-0.05, 0) is 13.3 Å². The van der Waals surface area contributed by atoms with E-state index in [1.165, 1.54) is 13.3 Å². The Morgan fingerprint density at radius 1 is 1.43 bits per heavy atom. The third-order valence-corrected chi connectivity index (χ3v) is 3.01. The smallest absolute Gasteiger partial charge is 0.331 e. The molecule has 0 fully saturated rings. The van der Waals surface area contributed by atoms with E-state index in [0.29, 0.717) is 12.8 Å². The van der Waals surface area contributed by atoms with Crippen molar-refractivity contribution in [3.8, 4) is 0 Å². The monoisotopic (exact) mass is 297 g/mol. The maximum atomic E-state index is 12.0. The molecule has 8 heteroatoms. The van der Waals surface area contributed by atoms with Gasteiger partial charge in [-0.15, -0.1) is 0 Å². The van der Waals surface area contributed by atoms with Crippen LogP contribution < -0.4 is 16.6 Å². The first-order valence-corrected chi connectivity index (χ1v) is 6.51. The topological polar surface area (TPSA) is 110 Å². The van der Waals surface area contributed by atoms with Gasteiger partial charge in [0.25, 0.3) is 5.56 Å². The summed E-state index contributed by atoms with van der Waals surface area (Å²) in [5.74, 6) is -1.07. The van der Waals surface area contributed by atoms with Crippen LogP contribution in [0.4, 0.5) is 0 Å². The molecule has 1 aromatic rings. The SMILES string of the molecule is CCCC(C)(NC(=O)Cn1ccc(=O)[nH]c1=O)C(=O)OC. The molecule has 116 valence electrons. The fourth-order valence-corrected chi connectivity index (χ4v) is 2.01. The number of rotatable bonds is 6. The van der Waals surface area contributed by atoms with Crippen LogP contribution >= 0.6 is 0 Å². The van der Waals surface area contributed by atoms with Crippen molar-refractivity contribution in [2.24, 2.45) is 0 Å². The van der Waals surface area contributed by atoms with Crippen LogP contribution in [-0.4, -0.2) is 34.1 Å². The summed E-state index contributed by atoms with van der Waals surface area (Å²) in [4.78, 5) is 48.2. The summed E-state index contributed by atoms with van der Waals surface area (Å²) in [6, 6.07) is 1.14. The van der Waals surface area contributed by atoms with E-state index in [0.717, 1.165) is 10.6 Å². The van der Waals surface area contributed by atoms with Crippen LogP contribution in [0.3, 0.4) is 0 Å². The molecule has 0 aromatic carbocycles. The molecule has 1 amide bonds. The van der Waals surface area contributed by atoms with Gasteiger partial charge in [0.15, 0.2) is 0 Å². The molecule has 2 N–H and O–H groups in total. The number of aromatic nitrogens is 2. The number of hydrogen-bond acceptors (Lipinski definition) is 5. The molecule has 0 bridgehead atoms. The molecule has 0 saturated heterocycles. The van der Waals surface area contributed by atoms with Gasteiger partial charge in [-0.1, -0.05) is 13.3 Å². The van der Waals surface area contributed by atoms with E-state index >= 15 is 0 Å². The van der Waals surface area contributed by atoms with Gasteiger partial charge < -0.3 is 10.1 Å². The van der Waals surface area contributed by atoms with Crippen LogP contribution in [-0.2, 0) is 20.9 Å². The van der Waals surface area contributed by atoms with Crippen molar-refractivity contribution in [3.63, 3.8) is 0 Å². The van der Waals surface area contributed by atoms with Gasteiger partial charge in [0.1, 0.15) is 12.1 Å². The Morgan fingerprint density at radius 3 is 2.62 bits per heavy atom. The Balaban J connectivity index is 2.86. The van der Waals surface area contributed by atoms with Crippen LogP contribution in [0.5, 0.6) is 0 Å². The lowest BCUT2D eigenvalue weighted by Gasteiger charge is -2.27. The summed E-state index contributed by atoms with van der Waals surface area (Å²) in [5, 5.41) is 2.57. The minimum absolute atomic E-state index is 0.300. The van der Waals surface area contributed by atoms with E-state index in [2.05, 4.69) is 10.1 Å². The van der Waals surface area contributed by atoms with Gasteiger partial charge >= 0.3 is 11.7 Å². The van der Waals surface area contributed by atoms with Crippen LogP contribution in [0.1, 0.15) is 26.7 Å². The highest BCUT2D eigenvalue weighted by Gasteiger charge is 2.35. The third kappa shape index (κ3) is 4.30. The van der Waals surface area contributed by atoms with Crippen molar-refractivity contribution in [3.05, 3.63) is 33.1 Å². The zero-order valence-corrected chi connectivity index (χ0v) is 12.3. The van der Waals surface area contributed by atoms with Crippen molar-refractivity contribution in [1.29, 1.82) is 0 Å². The molecule has 1 heterocycles. The molecule has 8 nitrogen and oxygen atoms in total. The summed E-state index contributed by atoms with van der Waals surface area (Å²) in [5.41, 5.74) is -2.37. The summed E-state index contributed by atoms with van der Waals surface area (Å²) < 4.78 is 5.73. The molecule has 0 aliphatic carbocycles. The van der Waals surface area contributed by atoms with Gasteiger partial charge in [0.05, 0.1) is 7.11 Å². The van der Waals surface area contributed by atoms with Crippen molar-refractivity contribution >= 4 is 11.9 Å². The number of amides is 1. The second kappa shape index (κ2) is 6.87. The summed E-state index contributed by atoms with van der Waals surface area (Å²) in [6.07, 6.45) is 2.30. The van der Waals surface area contributed by atoms with Crippen molar-refractivity contribution in [2.45, 2.75) is 38.8 Å². The standard InChI is InChI=1S/C13H19N3O5/c1-4-6-13(2,11(19)21-3)15-10(18)8-16-7-5-9(17)14-12(16)20/h5,7H,4,6,8H2,1-3H3,(H,15,18)(H,14,17,20). The number of H-pyrrole nitrogens is 1. The normalized spacial score (nSPS) is 13.3. The minimum Gasteiger partial charge on any atom is -0.467 e.